The van der Waals surface area contributed by atoms with Crippen molar-refractivity contribution in [1.82, 2.24) is 0 Å². The van der Waals surface area contributed by atoms with Gasteiger partial charge < -0.3 is 0 Å². The second kappa shape index (κ2) is 3.57. The smallest absolute Gasteiger partial charge is 0.00680 e. The second-order valence-electron chi connectivity index (χ2n) is 3.08. The Balaban J connectivity index is 2.59. The Bertz CT molecular complexity index is 179. The van der Waals surface area contributed by atoms with Gasteiger partial charge in [-0.3, -0.25) is 0 Å². The zero-order valence-corrected chi connectivity index (χ0v) is 8.67. The lowest BCUT2D eigenvalue weighted by atomic mass is 10.1. The van der Waals surface area contributed by atoms with E-state index >= 15 is 0 Å². The van der Waals surface area contributed by atoms with Crippen molar-refractivity contribution < 1.29 is 0 Å². The van der Waals surface area contributed by atoms with Crippen LogP contribution in [0.4, 0.5) is 0 Å². The second-order valence-corrected chi connectivity index (χ2v) is 5.05. The summed E-state index contributed by atoms with van der Waals surface area (Å²) >= 11 is 0. The third-order valence-electron chi connectivity index (χ3n) is 1.49. The van der Waals surface area contributed by atoms with E-state index in [0.29, 0.717) is 0 Å². The van der Waals surface area contributed by atoms with Crippen molar-refractivity contribution in [3.05, 3.63) is 35.9 Å². The first kappa shape index (κ1) is 7.54. The van der Waals surface area contributed by atoms with E-state index in [4.69, 9.17) is 0 Å². The molecule has 1 aromatic carbocycles. The zero-order valence-electron chi connectivity index (χ0n) is 6.67. The molecule has 0 aromatic heterocycles. The predicted molar refractivity (Wildman–Crippen MR) is 49.5 cm³/mol. The molecule has 0 aliphatic heterocycles. The Morgan fingerprint density at radius 2 is 1.90 bits per heavy atom. The third-order valence-corrected chi connectivity index (χ3v) is 1.90. The fourth-order valence-electron chi connectivity index (χ4n) is 1.09. The molecule has 0 aliphatic carbocycles. The monoisotopic (exact) mass is 150 g/mol. The van der Waals surface area contributed by atoms with E-state index < -0.39 is 0 Å². The van der Waals surface area contributed by atoms with Gasteiger partial charge in [0, 0.05) is 10.2 Å². The van der Waals surface area contributed by atoms with Crippen LogP contribution in [0.2, 0.25) is 5.54 Å². The average molecular weight is 150 g/mol. The Morgan fingerprint density at radius 3 is 2.40 bits per heavy atom. The summed E-state index contributed by atoms with van der Waals surface area (Å²) < 4.78 is 0. The molecule has 0 bridgehead atoms. The summed E-state index contributed by atoms with van der Waals surface area (Å²) in [6.45, 7) is 2.30. The van der Waals surface area contributed by atoms with Gasteiger partial charge >= 0.3 is 0 Å². The van der Waals surface area contributed by atoms with E-state index in [1.54, 1.807) is 0 Å². The molecule has 0 spiro atoms. The first-order valence-corrected chi connectivity index (χ1v) is 4.98. The van der Waals surface area contributed by atoms with Gasteiger partial charge in [-0.1, -0.05) is 42.8 Å². The number of hydrogen-bond donors (Lipinski definition) is 0. The number of hydrogen-bond acceptors (Lipinski definition) is 0. The van der Waals surface area contributed by atoms with Crippen LogP contribution in [0.3, 0.4) is 0 Å². The molecule has 0 radical (unpaired) electrons. The SMILES string of the molecule is CC([SiH3])Cc1ccccc1. The first-order valence-electron chi connectivity index (χ1n) is 3.83. The molecule has 1 atom stereocenters. The van der Waals surface area contributed by atoms with Gasteiger partial charge in [0.25, 0.3) is 0 Å². The normalized spacial score (nSPS) is 13.3. The van der Waals surface area contributed by atoms with E-state index in [9.17, 15) is 0 Å². The van der Waals surface area contributed by atoms with Crippen LogP contribution in [0.25, 0.3) is 0 Å². The van der Waals surface area contributed by atoms with Crippen molar-refractivity contribution in [3.63, 3.8) is 0 Å². The molecule has 1 heteroatoms. The van der Waals surface area contributed by atoms with Crippen LogP contribution in [-0.2, 0) is 6.42 Å². The Morgan fingerprint density at radius 1 is 1.30 bits per heavy atom. The molecule has 0 saturated heterocycles. The molecule has 54 valence electrons. The van der Waals surface area contributed by atoms with E-state index in [-0.39, 0.29) is 0 Å². The van der Waals surface area contributed by atoms with Crippen LogP contribution in [0.5, 0.6) is 0 Å². The van der Waals surface area contributed by atoms with E-state index in [1.165, 1.54) is 22.2 Å². The summed E-state index contributed by atoms with van der Waals surface area (Å²) in [6, 6.07) is 10.7. The fraction of sp³-hybridized carbons (Fsp3) is 0.333. The van der Waals surface area contributed by atoms with Gasteiger partial charge in [0.1, 0.15) is 0 Å². The van der Waals surface area contributed by atoms with Crippen molar-refractivity contribution in [3.8, 4) is 0 Å². The number of rotatable bonds is 2. The third kappa shape index (κ3) is 2.36. The first-order chi connectivity index (χ1) is 4.79. The van der Waals surface area contributed by atoms with Gasteiger partial charge in [0.2, 0.25) is 0 Å². The highest BCUT2D eigenvalue weighted by atomic mass is 28.1. The summed E-state index contributed by atoms with van der Waals surface area (Å²) in [5, 5.41) is 0. The minimum atomic E-state index is 0.905. The van der Waals surface area contributed by atoms with Crippen LogP contribution in [0.1, 0.15) is 12.5 Å². The molecule has 10 heavy (non-hydrogen) atoms. The summed E-state index contributed by atoms with van der Waals surface area (Å²) in [6.07, 6.45) is 1.26. The molecule has 0 fully saturated rings. The molecule has 1 rings (SSSR count). The quantitative estimate of drug-likeness (QED) is 0.559. The molecule has 0 nitrogen and oxygen atoms in total. The molecular formula is C9H14Si. The predicted octanol–water partition coefficient (Wildman–Crippen LogP) is 1.40. The fourth-order valence-corrected chi connectivity index (χ4v) is 1.56. The summed E-state index contributed by atoms with van der Waals surface area (Å²) in [7, 11) is 1.30. The van der Waals surface area contributed by atoms with Crippen LogP contribution < -0.4 is 0 Å². The van der Waals surface area contributed by atoms with Crippen molar-refractivity contribution >= 4 is 10.2 Å². The van der Waals surface area contributed by atoms with Crippen LogP contribution in [-0.4, -0.2) is 10.2 Å². The van der Waals surface area contributed by atoms with Crippen LogP contribution in [0.15, 0.2) is 30.3 Å². The lowest BCUT2D eigenvalue weighted by Crippen LogP contribution is -1.90. The lowest BCUT2D eigenvalue weighted by molar-refractivity contribution is 0.916. The van der Waals surface area contributed by atoms with Crippen molar-refractivity contribution in [2.45, 2.75) is 18.9 Å². The van der Waals surface area contributed by atoms with Gasteiger partial charge in [-0.25, -0.2) is 0 Å². The van der Waals surface area contributed by atoms with Gasteiger partial charge in [-0.05, 0) is 12.0 Å². The standard InChI is InChI=1S/C9H14Si/c1-8(10)7-9-5-3-2-4-6-9/h2-6,8H,7H2,1,10H3. The molecule has 0 aliphatic rings. The van der Waals surface area contributed by atoms with Crippen molar-refractivity contribution in [2.75, 3.05) is 0 Å². The topological polar surface area (TPSA) is 0 Å². The van der Waals surface area contributed by atoms with Gasteiger partial charge in [-0.15, -0.1) is 0 Å². The minimum absolute atomic E-state index is 0.905. The van der Waals surface area contributed by atoms with Crippen molar-refractivity contribution in [1.29, 1.82) is 0 Å². The Hall–Kier alpha value is -0.563. The van der Waals surface area contributed by atoms with E-state index in [1.807, 2.05) is 0 Å². The maximum absolute atomic E-state index is 2.30. The molecule has 0 saturated carbocycles. The van der Waals surface area contributed by atoms with Gasteiger partial charge in [0.15, 0.2) is 0 Å². The van der Waals surface area contributed by atoms with Gasteiger partial charge in [0.05, 0.1) is 0 Å². The average Bonchev–Trinajstić information content (AvgIpc) is 1.88. The van der Waals surface area contributed by atoms with Crippen LogP contribution >= 0.6 is 0 Å². The largest absolute Gasteiger partial charge is 0.0654 e. The molecule has 0 N–H and O–H groups in total. The van der Waals surface area contributed by atoms with E-state index in [0.717, 1.165) is 5.54 Å². The summed E-state index contributed by atoms with van der Waals surface area (Å²) in [4.78, 5) is 0. The molecule has 1 unspecified atom stereocenters. The highest BCUT2D eigenvalue weighted by Crippen LogP contribution is 2.08. The minimum Gasteiger partial charge on any atom is -0.0654 e. The van der Waals surface area contributed by atoms with Crippen molar-refractivity contribution in [2.24, 2.45) is 0 Å². The lowest BCUT2D eigenvalue weighted by Gasteiger charge is -2.02. The highest BCUT2D eigenvalue weighted by molar-refractivity contribution is 6.11. The zero-order chi connectivity index (χ0) is 7.40. The molecule has 0 heterocycles. The van der Waals surface area contributed by atoms with Gasteiger partial charge in [-0.2, -0.15) is 0 Å². The number of benzene rings is 1. The maximum atomic E-state index is 2.30. The maximum Gasteiger partial charge on any atom is 0.00680 e. The summed E-state index contributed by atoms with van der Waals surface area (Å²) in [5.74, 6) is 0. The van der Waals surface area contributed by atoms with Crippen LogP contribution in [0, 0.1) is 0 Å². The molecule has 0 amide bonds. The van der Waals surface area contributed by atoms with E-state index in [2.05, 4.69) is 37.3 Å². The Labute approximate surface area is 65.7 Å². The molecular weight excluding hydrogens is 136 g/mol. The Kier molecular flexibility index (Phi) is 2.69. The highest BCUT2D eigenvalue weighted by Gasteiger charge is 1.94. The molecule has 1 aromatic rings. The summed E-state index contributed by atoms with van der Waals surface area (Å²) in [5.41, 5.74) is 2.38.